The molecule has 112 valence electrons. The average Bonchev–Trinajstić information content (AvgIpc) is 2.51. The Morgan fingerprint density at radius 1 is 1.35 bits per heavy atom. The Bertz CT molecular complexity index is 388. The molecule has 1 aromatic rings. The van der Waals surface area contributed by atoms with E-state index in [2.05, 4.69) is 23.5 Å². The van der Waals surface area contributed by atoms with E-state index in [1.165, 1.54) is 24.8 Å². The zero-order chi connectivity index (χ0) is 14.2. The second-order valence-electron chi connectivity index (χ2n) is 5.38. The number of nitrogens with one attached hydrogen (secondary N) is 1. The van der Waals surface area contributed by atoms with Gasteiger partial charge in [0.1, 0.15) is 5.75 Å². The van der Waals surface area contributed by atoms with E-state index in [-0.39, 0.29) is 0 Å². The third kappa shape index (κ3) is 4.22. The lowest BCUT2D eigenvalue weighted by atomic mass is 9.97. The van der Waals surface area contributed by atoms with Gasteiger partial charge in [-0.15, -0.1) is 0 Å². The molecule has 1 aliphatic heterocycles. The first kappa shape index (κ1) is 15.3. The maximum atomic E-state index is 5.83. The van der Waals surface area contributed by atoms with Gasteiger partial charge in [0.2, 0.25) is 0 Å². The summed E-state index contributed by atoms with van der Waals surface area (Å²) in [4.78, 5) is 0. The fraction of sp³-hybridized carbons (Fsp3) is 0.647. The standard InChI is InChI=1S/C17H27NO2/c1-3-19-17-10-5-4-9-15(17)16(18-2)12-11-14-8-6-7-13-20-14/h4-5,9-10,14,16,18H,3,6-8,11-13H2,1-2H3. The minimum atomic E-state index is 0.336. The summed E-state index contributed by atoms with van der Waals surface area (Å²) < 4.78 is 11.6. The molecule has 0 spiro atoms. The molecule has 0 aromatic heterocycles. The molecule has 0 radical (unpaired) electrons. The Morgan fingerprint density at radius 3 is 2.90 bits per heavy atom. The number of hydrogen-bond donors (Lipinski definition) is 1. The zero-order valence-corrected chi connectivity index (χ0v) is 12.7. The molecular formula is C17H27NO2. The van der Waals surface area contributed by atoms with Gasteiger partial charge in [-0.05, 0) is 52.1 Å². The lowest BCUT2D eigenvalue weighted by Gasteiger charge is -2.25. The molecular weight excluding hydrogens is 250 g/mol. The third-order valence-electron chi connectivity index (χ3n) is 3.99. The highest BCUT2D eigenvalue weighted by Gasteiger charge is 2.19. The number of ether oxygens (including phenoxy) is 2. The van der Waals surface area contributed by atoms with Crippen molar-refractivity contribution in [2.45, 2.75) is 51.2 Å². The van der Waals surface area contributed by atoms with E-state index < -0.39 is 0 Å². The van der Waals surface area contributed by atoms with Gasteiger partial charge in [0, 0.05) is 18.2 Å². The molecule has 0 amide bonds. The quantitative estimate of drug-likeness (QED) is 0.824. The number of benzene rings is 1. The Morgan fingerprint density at radius 2 is 2.20 bits per heavy atom. The molecule has 2 rings (SSSR count). The molecule has 0 saturated carbocycles. The summed E-state index contributed by atoms with van der Waals surface area (Å²) in [7, 11) is 2.02. The average molecular weight is 277 g/mol. The molecule has 0 aliphatic carbocycles. The summed E-state index contributed by atoms with van der Waals surface area (Å²) in [6.07, 6.45) is 6.39. The summed E-state index contributed by atoms with van der Waals surface area (Å²) in [6, 6.07) is 8.67. The van der Waals surface area contributed by atoms with Crippen molar-refractivity contribution in [2.24, 2.45) is 0 Å². The van der Waals surface area contributed by atoms with Gasteiger partial charge in [-0.3, -0.25) is 0 Å². The van der Waals surface area contributed by atoms with Crippen LogP contribution < -0.4 is 10.1 Å². The number of rotatable bonds is 7. The van der Waals surface area contributed by atoms with Gasteiger partial charge in [-0.1, -0.05) is 18.2 Å². The first-order valence-corrected chi connectivity index (χ1v) is 7.85. The van der Waals surface area contributed by atoms with E-state index in [4.69, 9.17) is 9.47 Å². The first-order valence-electron chi connectivity index (χ1n) is 7.85. The summed E-state index contributed by atoms with van der Waals surface area (Å²) in [5, 5.41) is 3.42. The van der Waals surface area contributed by atoms with Crippen molar-refractivity contribution in [3.05, 3.63) is 29.8 Å². The fourth-order valence-electron chi connectivity index (χ4n) is 2.90. The first-order chi connectivity index (χ1) is 9.85. The summed E-state index contributed by atoms with van der Waals surface area (Å²) in [5.41, 5.74) is 1.26. The van der Waals surface area contributed by atoms with Crippen LogP contribution in [0.1, 0.15) is 50.6 Å². The zero-order valence-electron chi connectivity index (χ0n) is 12.7. The van der Waals surface area contributed by atoms with E-state index in [1.54, 1.807) is 0 Å². The van der Waals surface area contributed by atoms with Gasteiger partial charge in [0.05, 0.1) is 12.7 Å². The molecule has 3 nitrogen and oxygen atoms in total. The topological polar surface area (TPSA) is 30.5 Å². The molecule has 0 bridgehead atoms. The highest BCUT2D eigenvalue weighted by atomic mass is 16.5. The van der Waals surface area contributed by atoms with Gasteiger partial charge < -0.3 is 14.8 Å². The summed E-state index contributed by atoms with van der Waals surface area (Å²) >= 11 is 0. The van der Waals surface area contributed by atoms with Crippen LogP contribution in [0.25, 0.3) is 0 Å². The van der Waals surface area contributed by atoms with Gasteiger partial charge in [-0.2, -0.15) is 0 Å². The second kappa shape index (κ2) is 8.28. The molecule has 1 N–H and O–H groups in total. The van der Waals surface area contributed by atoms with E-state index in [0.717, 1.165) is 25.2 Å². The van der Waals surface area contributed by atoms with Crippen LogP contribution in [0.3, 0.4) is 0 Å². The van der Waals surface area contributed by atoms with E-state index in [0.29, 0.717) is 18.8 Å². The van der Waals surface area contributed by atoms with Crippen LogP contribution in [0.15, 0.2) is 24.3 Å². The molecule has 2 atom stereocenters. The molecule has 1 aromatic carbocycles. The van der Waals surface area contributed by atoms with Crippen LogP contribution in [0.4, 0.5) is 0 Å². The van der Waals surface area contributed by atoms with Crippen LogP contribution in [0, 0.1) is 0 Å². The lowest BCUT2D eigenvalue weighted by molar-refractivity contribution is 0.00862. The summed E-state index contributed by atoms with van der Waals surface area (Å²) in [6.45, 7) is 3.67. The van der Waals surface area contributed by atoms with Crippen molar-refractivity contribution >= 4 is 0 Å². The molecule has 3 heteroatoms. The molecule has 2 unspecified atom stereocenters. The van der Waals surface area contributed by atoms with Crippen LogP contribution in [0.5, 0.6) is 5.75 Å². The Kier molecular flexibility index (Phi) is 6.34. The third-order valence-corrected chi connectivity index (χ3v) is 3.99. The van der Waals surface area contributed by atoms with E-state index >= 15 is 0 Å². The predicted molar refractivity (Wildman–Crippen MR) is 82.2 cm³/mol. The van der Waals surface area contributed by atoms with Crippen molar-refractivity contribution in [3.8, 4) is 5.75 Å². The molecule has 20 heavy (non-hydrogen) atoms. The Balaban J connectivity index is 1.96. The maximum Gasteiger partial charge on any atom is 0.124 e. The molecule has 1 saturated heterocycles. The minimum Gasteiger partial charge on any atom is -0.494 e. The van der Waals surface area contributed by atoms with Crippen molar-refractivity contribution in [3.63, 3.8) is 0 Å². The van der Waals surface area contributed by atoms with E-state index in [1.807, 2.05) is 20.0 Å². The van der Waals surface area contributed by atoms with Crippen LogP contribution >= 0.6 is 0 Å². The van der Waals surface area contributed by atoms with Crippen molar-refractivity contribution < 1.29 is 9.47 Å². The lowest BCUT2D eigenvalue weighted by Crippen LogP contribution is -2.23. The van der Waals surface area contributed by atoms with Gasteiger partial charge in [0.15, 0.2) is 0 Å². The normalized spacial score (nSPS) is 20.6. The second-order valence-corrected chi connectivity index (χ2v) is 5.38. The smallest absolute Gasteiger partial charge is 0.124 e. The highest BCUT2D eigenvalue weighted by Crippen LogP contribution is 2.29. The van der Waals surface area contributed by atoms with Gasteiger partial charge in [-0.25, -0.2) is 0 Å². The van der Waals surface area contributed by atoms with Gasteiger partial charge >= 0.3 is 0 Å². The predicted octanol–water partition coefficient (Wildman–Crippen LogP) is 3.70. The Labute approximate surface area is 122 Å². The maximum absolute atomic E-state index is 5.83. The molecule has 1 fully saturated rings. The van der Waals surface area contributed by atoms with Crippen LogP contribution in [-0.4, -0.2) is 26.4 Å². The molecule has 1 heterocycles. The number of hydrogen-bond acceptors (Lipinski definition) is 3. The van der Waals surface area contributed by atoms with Crippen LogP contribution in [0.2, 0.25) is 0 Å². The van der Waals surface area contributed by atoms with E-state index in [9.17, 15) is 0 Å². The largest absolute Gasteiger partial charge is 0.494 e. The van der Waals surface area contributed by atoms with Crippen molar-refractivity contribution in [1.82, 2.24) is 5.32 Å². The van der Waals surface area contributed by atoms with Crippen molar-refractivity contribution in [2.75, 3.05) is 20.3 Å². The van der Waals surface area contributed by atoms with Crippen LogP contribution in [-0.2, 0) is 4.74 Å². The fourth-order valence-corrected chi connectivity index (χ4v) is 2.90. The summed E-state index contributed by atoms with van der Waals surface area (Å²) in [5.74, 6) is 0.999. The SMILES string of the molecule is CCOc1ccccc1C(CCC1CCCCO1)NC. The Hall–Kier alpha value is -1.06. The van der Waals surface area contributed by atoms with Crippen molar-refractivity contribution in [1.29, 1.82) is 0 Å². The number of para-hydroxylation sites is 1. The highest BCUT2D eigenvalue weighted by molar-refractivity contribution is 5.35. The minimum absolute atomic E-state index is 0.336. The molecule has 1 aliphatic rings. The monoisotopic (exact) mass is 277 g/mol. The van der Waals surface area contributed by atoms with Gasteiger partial charge in [0.25, 0.3) is 0 Å².